The largest absolute Gasteiger partial charge is 0.416 e. The number of carbonyl (C=O) groups is 1. The second-order valence-electron chi connectivity index (χ2n) is 10.3. The van der Waals surface area contributed by atoms with Gasteiger partial charge < -0.3 is 15.7 Å². The summed E-state index contributed by atoms with van der Waals surface area (Å²) >= 11 is 0. The van der Waals surface area contributed by atoms with Crippen LogP contribution in [-0.4, -0.2) is 75.2 Å². The molecule has 2 bridgehead atoms. The van der Waals surface area contributed by atoms with Gasteiger partial charge in [-0.15, -0.1) is 0 Å². The Morgan fingerprint density at radius 3 is 2.74 bits per heavy atom. The maximum absolute atomic E-state index is 13.1. The first kappa shape index (κ1) is 23.5. The molecule has 4 fully saturated rings. The smallest absolute Gasteiger partial charge is 0.377 e. The predicted molar refractivity (Wildman–Crippen MR) is 117 cm³/mol. The molecule has 0 aromatic heterocycles. The van der Waals surface area contributed by atoms with E-state index in [4.69, 9.17) is 5.73 Å². The van der Waals surface area contributed by atoms with Gasteiger partial charge >= 0.3 is 6.18 Å². The summed E-state index contributed by atoms with van der Waals surface area (Å²) in [6.07, 6.45) is -3.92. The van der Waals surface area contributed by atoms with E-state index in [1.807, 2.05) is 16.7 Å². The summed E-state index contributed by atoms with van der Waals surface area (Å²) in [6, 6.07) is 5.68. The number of rotatable bonds is 5. The Balaban J connectivity index is 1.24. The van der Waals surface area contributed by atoms with Crippen LogP contribution in [0.4, 0.5) is 13.2 Å². The number of alkyl halides is 3. The van der Waals surface area contributed by atoms with E-state index in [9.17, 15) is 28.3 Å². The second kappa shape index (κ2) is 8.19. The molecule has 9 atom stereocenters. The van der Waals surface area contributed by atoms with Crippen LogP contribution in [0.1, 0.15) is 43.9 Å². The van der Waals surface area contributed by atoms with E-state index in [0.717, 1.165) is 12.1 Å². The molecule has 1 saturated carbocycles. The molecule has 0 radical (unpaired) electrons. The summed E-state index contributed by atoms with van der Waals surface area (Å²) in [5.74, 6) is 0.572. The number of likely N-dealkylation sites (tertiary alicyclic amines) is 3. The molecule has 3 aliphatic heterocycles. The van der Waals surface area contributed by atoms with Crippen molar-refractivity contribution in [2.45, 2.75) is 75.3 Å². The van der Waals surface area contributed by atoms with Crippen molar-refractivity contribution in [2.75, 3.05) is 13.1 Å². The number of halogens is 3. The van der Waals surface area contributed by atoms with Crippen LogP contribution in [-0.2, 0) is 11.0 Å². The van der Waals surface area contributed by atoms with Crippen molar-refractivity contribution in [3.63, 3.8) is 0 Å². The van der Waals surface area contributed by atoms with Crippen molar-refractivity contribution in [1.29, 1.82) is 5.26 Å². The number of nitriles is 1. The maximum Gasteiger partial charge on any atom is 0.416 e. The summed E-state index contributed by atoms with van der Waals surface area (Å²) in [7, 11) is 0. The fourth-order valence-corrected chi connectivity index (χ4v) is 6.60. The van der Waals surface area contributed by atoms with Crippen LogP contribution in [0.25, 0.3) is 0 Å². The lowest BCUT2D eigenvalue weighted by Crippen LogP contribution is -2.58. The molecule has 1 aromatic carbocycles. The molecule has 1 aliphatic carbocycles. The number of nitrogens with two attached hydrogens (primary N) is 1. The Hall–Kier alpha value is -2.19. The summed E-state index contributed by atoms with van der Waals surface area (Å²) in [6.45, 7) is 4.76. The highest BCUT2D eigenvalue weighted by Crippen LogP contribution is 2.53. The highest BCUT2D eigenvalue weighted by Gasteiger charge is 2.61. The number of nitrogens with zero attached hydrogens (tertiary/aromatic N) is 4. The van der Waals surface area contributed by atoms with E-state index >= 15 is 0 Å². The average molecular weight is 478 g/mol. The average Bonchev–Trinajstić information content (AvgIpc) is 3.16. The van der Waals surface area contributed by atoms with Gasteiger partial charge in [-0.3, -0.25) is 14.6 Å². The number of amides is 1. The summed E-state index contributed by atoms with van der Waals surface area (Å²) < 4.78 is 39.4. The first-order chi connectivity index (χ1) is 16.0. The highest BCUT2D eigenvalue weighted by molar-refractivity contribution is 5.84. The summed E-state index contributed by atoms with van der Waals surface area (Å²) in [5.41, 5.74) is 6.10. The van der Waals surface area contributed by atoms with Crippen LogP contribution in [0.15, 0.2) is 24.3 Å². The van der Waals surface area contributed by atoms with E-state index in [1.54, 1.807) is 11.0 Å². The van der Waals surface area contributed by atoms with Crippen molar-refractivity contribution in [2.24, 2.45) is 17.6 Å². The van der Waals surface area contributed by atoms with Crippen molar-refractivity contribution in [1.82, 2.24) is 14.7 Å². The molecular weight excluding hydrogens is 447 g/mol. The Kier molecular flexibility index (Phi) is 5.67. The quantitative estimate of drug-likeness (QED) is 0.673. The van der Waals surface area contributed by atoms with Crippen molar-refractivity contribution in [3.05, 3.63) is 35.4 Å². The summed E-state index contributed by atoms with van der Waals surface area (Å²) in [4.78, 5) is 18.7. The number of piperidine rings is 1. The lowest BCUT2D eigenvalue weighted by molar-refractivity contribution is -0.138. The van der Waals surface area contributed by atoms with E-state index in [1.165, 1.54) is 6.07 Å². The van der Waals surface area contributed by atoms with Crippen LogP contribution in [0.2, 0.25) is 0 Å². The Bertz CT molecular complexity index is 1010. The topological polar surface area (TPSA) is 96.8 Å². The number of carbonyl (C=O) groups excluding carboxylic acids is 1. The van der Waals surface area contributed by atoms with Gasteiger partial charge in [0.25, 0.3) is 0 Å². The zero-order chi connectivity index (χ0) is 24.5. The molecule has 184 valence electrons. The molecule has 4 aliphatic rings. The second-order valence-corrected chi connectivity index (χ2v) is 10.3. The molecule has 3 heterocycles. The van der Waals surface area contributed by atoms with Crippen LogP contribution < -0.4 is 5.73 Å². The van der Waals surface area contributed by atoms with Crippen LogP contribution in [0.3, 0.4) is 0 Å². The van der Waals surface area contributed by atoms with Gasteiger partial charge in [0.1, 0.15) is 12.3 Å². The Morgan fingerprint density at radius 1 is 1.35 bits per heavy atom. The van der Waals surface area contributed by atoms with Gasteiger partial charge in [-0.25, -0.2) is 0 Å². The fraction of sp³-hybridized carbons (Fsp3) is 0.667. The molecule has 1 amide bonds. The number of hydrogen-bond donors (Lipinski definition) is 2. The van der Waals surface area contributed by atoms with Gasteiger partial charge in [0.2, 0.25) is 5.91 Å². The monoisotopic (exact) mass is 477 g/mol. The van der Waals surface area contributed by atoms with Gasteiger partial charge in [-0.1, -0.05) is 19.1 Å². The molecular formula is C24H30F3N5O2. The molecule has 0 spiro atoms. The van der Waals surface area contributed by atoms with E-state index in [0.29, 0.717) is 36.8 Å². The Morgan fingerprint density at radius 2 is 2.09 bits per heavy atom. The zero-order valence-electron chi connectivity index (χ0n) is 19.2. The first-order valence-electron chi connectivity index (χ1n) is 11.9. The van der Waals surface area contributed by atoms with Gasteiger partial charge in [0.05, 0.1) is 23.7 Å². The van der Waals surface area contributed by atoms with Crippen LogP contribution >= 0.6 is 0 Å². The number of benzene rings is 1. The lowest BCUT2D eigenvalue weighted by atomic mass is 10.0. The SMILES string of the molecule is CC(c1cccc(C(F)(F)F)c1)N1C2CC(C1O)N(CC(N)C(=O)N1C(C#N)CC3C1[C@H]3C)C2. The molecule has 1 aromatic rings. The number of hydrogen-bond acceptors (Lipinski definition) is 6. The predicted octanol–water partition coefficient (Wildman–Crippen LogP) is 1.93. The van der Waals surface area contributed by atoms with E-state index < -0.39 is 30.1 Å². The van der Waals surface area contributed by atoms with Crippen LogP contribution in [0, 0.1) is 23.2 Å². The van der Waals surface area contributed by atoms with Crippen molar-refractivity contribution in [3.8, 4) is 6.07 Å². The Labute approximate surface area is 196 Å². The minimum absolute atomic E-state index is 0.0432. The lowest BCUT2D eigenvalue weighted by Gasteiger charge is -2.42. The number of aliphatic hydroxyl groups is 1. The number of piperazine rings is 1. The first-order valence-corrected chi connectivity index (χ1v) is 11.9. The molecule has 3 N–H and O–H groups in total. The molecule has 34 heavy (non-hydrogen) atoms. The van der Waals surface area contributed by atoms with Gasteiger partial charge in [0.15, 0.2) is 0 Å². The van der Waals surface area contributed by atoms with Gasteiger partial charge in [0, 0.05) is 31.2 Å². The fourth-order valence-electron chi connectivity index (χ4n) is 6.60. The zero-order valence-corrected chi connectivity index (χ0v) is 19.2. The third kappa shape index (κ3) is 3.70. The van der Waals surface area contributed by atoms with Crippen molar-refractivity contribution < 1.29 is 23.1 Å². The molecule has 5 rings (SSSR count). The van der Waals surface area contributed by atoms with Gasteiger partial charge in [-0.2, -0.15) is 18.4 Å². The molecule has 10 heteroatoms. The third-order valence-corrected chi connectivity index (χ3v) is 8.46. The minimum atomic E-state index is -4.42. The maximum atomic E-state index is 13.1. The van der Waals surface area contributed by atoms with E-state index in [-0.39, 0.29) is 36.6 Å². The highest BCUT2D eigenvalue weighted by atomic mass is 19.4. The number of aliphatic hydroxyl groups excluding tert-OH is 1. The standard InChI is InChI=1S/C24H30F3N5O2/c1-12-18-7-16(9-28)32(21(12)18)22(33)19(29)11-30-10-17-8-20(30)23(34)31(17)13(2)14-4-3-5-15(6-14)24(25,26)27/h3-6,12-13,16-21,23,34H,7-8,10-11,29H2,1-2H3/t12-,13?,16?,17?,18?,19?,20?,21?,23?/m0/s1. The van der Waals surface area contributed by atoms with Crippen LogP contribution in [0.5, 0.6) is 0 Å². The van der Waals surface area contributed by atoms with E-state index in [2.05, 4.69) is 13.0 Å². The molecule has 8 unspecified atom stereocenters. The summed E-state index contributed by atoms with van der Waals surface area (Å²) in [5, 5.41) is 20.5. The van der Waals surface area contributed by atoms with Gasteiger partial charge in [-0.05, 0) is 49.3 Å². The molecule has 7 nitrogen and oxygen atoms in total. The minimum Gasteiger partial charge on any atom is -0.377 e. The van der Waals surface area contributed by atoms with Crippen molar-refractivity contribution >= 4 is 5.91 Å². The number of fused-ring (bicyclic) bond motifs is 3. The molecule has 3 saturated heterocycles. The normalized spacial score (nSPS) is 36.9. The third-order valence-electron chi connectivity index (χ3n) is 8.46.